The molecule has 0 saturated carbocycles. The van der Waals surface area contributed by atoms with Crippen LogP contribution in [-0.2, 0) is 19.1 Å². The Bertz CT molecular complexity index is 508. The molecule has 0 atom stereocenters. The Kier molecular flexibility index (Phi) is 5.66. The molecule has 0 aromatic heterocycles. The van der Waals surface area contributed by atoms with E-state index in [-0.39, 0.29) is 5.70 Å². The molecule has 5 nitrogen and oxygen atoms in total. The van der Waals surface area contributed by atoms with E-state index in [9.17, 15) is 9.59 Å². The Balaban J connectivity index is 3.04. The molecular weight excluding hydrogens is 293 g/mol. The van der Waals surface area contributed by atoms with Crippen molar-refractivity contribution in [1.82, 2.24) is 0 Å². The summed E-state index contributed by atoms with van der Waals surface area (Å²) in [4.78, 5) is 22.7. The predicted octanol–water partition coefficient (Wildman–Crippen LogP) is 2.64. The lowest BCUT2D eigenvalue weighted by Gasteiger charge is -2.09. The fourth-order valence-corrected chi connectivity index (χ4v) is 1.74. The third-order valence-electron chi connectivity index (χ3n) is 2.01. The van der Waals surface area contributed by atoms with Gasteiger partial charge in [-0.05, 0) is 18.2 Å². The van der Waals surface area contributed by atoms with Crippen molar-refractivity contribution in [3.63, 3.8) is 0 Å². The van der Waals surface area contributed by atoms with Crippen molar-refractivity contribution in [3.8, 4) is 0 Å². The lowest BCUT2D eigenvalue weighted by molar-refractivity contribution is -0.138. The zero-order chi connectivity index (χ0) is 14.4. The minimum Gasteiger partial charge on any atom is -0.466 e. The first kappa shape index (κ1) is 15.3. The van der Waals surface area contributed by atoms with Gasteiger partial charge in [-0.2, -0.15) is 0 Å². The second-order valence-electron chi connectivity index (χ2n) is 3.36. The smallest absolute Gasteiger partial charge is 0.354 e. The zero-order valence-electron chi connectivity index (χ0n) is 10.2. The third kappa shape index (κ3) is 4.81. The van der Waals surface area contributed by atoms with Crippen molar-refractivity contribution in [2.75, 3.05) is 19.5 Å². The summed E-state index contributed by atoms with van der Waals surface area (Å²) in [7, 11) is 2.39. The number of hydrogen-bond acceptors (Lipinski definition) is 5. The molecule has 19 heavy (non-hydrogen) atoms. The average molecular weight is 304 g/mol. The van der Waals surface area contributed by atoms with Crippen LogP contribution >= 0.6 is 23.2 Å². The van der Waals surface area contributed by atoms with Gasteiger partial charge in [0.05, 0.1) is 20.3 Å². The summed E-state index contributed by atoms with van der Waals surface area (Å²) in [5.41, 5.74) is 0.353. The number of methoxy groups -OCH3 is 2. The second kappa shape index (κ2) is 7.01. The molecule has 0 bridgehead atoms. The number of benzene rings is 1. The first-order valence-electron chi connectivity index (χ1n) is 5.07. The quantitative estimate of drug-likeness (QED) is 0.684. The van der Waals surface area contributed by atoms with Crippen LogP contribution in [0.2, 0.25) is 10.0 Å². The standard InChI is InChI=1S/C12H11Cl2NO4/c1-18-11(16)6-10(12(17)19-2)15-9-4-7(13)3-8(14)5-9/h3-6,15H,1-2H3/b10-6+. The van der Waals surface area contributed by atoms with Gasteiger partial charge in [0.1, 0.15) is 5.70 Å². The minimum absolute atomic E-state index is 0.0901. The number of esters is 2. The van der Waals surface area contributed by atoms with Gasteiger partial charge in [-0.1, -0.05) is 23.2 Å². The van der Waals surface area contributed by atoms with E-state index >= 15 is 0 Å². The van der Waals surface area contributed by atoms with Gasteiger partial charge in [0.2, 0.25) is 0 Å². The lowest BCUT2D eigenvalue weighted by Crippen LogP contribution is -2.15. The normalized spacial score (nSPS) is 10.8. The van der Waals surface area contributed by atoms with Gasteiger partial charge in [0, 0.05) is 15.7 Å². The molecule has 1 rings (SSSR count). The molecule has 0 unspecified atom stereocenters. The highest BCUT2D eigenvalue weighted by Gasteiger charge is 2.13. The van der Waals surface area contributed by atoms with Crippen LogP contribution < -0.4 is 5.32 Å². The summed E-state index contributed by atoms with van der Waals surface area (Å²) in [5, 5.41) is 3.47. The van der Waals surface area contributed by atoms with Gasteiger partial charge in [0.25, 0.3) is 0 Å². The van der Waals surface area contributed by atoms with Gasteiger partial charge in [-0.15, -0.1) is 0 Å². The highest BCUT2D eigenvalue weighted by Crippen LogP contribution is 2.23. The van der Waals surface area contributed by atoms with E-state index in [4.69, 9.17) is 23.2 Å². The fraction of sp³-hybridized carbons (Fsp3) is 0.167. The van der Waals surface area contributed by atoms with Crippen molar-refractivity contribution >= 4 is 40.8 Å². The summed E-state index contributed by atoms with van der Waals surface area (Å²) < 4.78 is 8.99. The monoisotopic (exact) mass is 303 g/mol. The summed E-state index contributed by atoms with van der Waals surface area (Å²) >= 11 is 11.7. The molecule has 0 aliphatic heterocycles. The van der Waals surface area contributed by atoms with E-state index in [1.165, 1.54) is 20.3 Å². The number of hydrogen-bond donors (Lipinski definition) is 1. The first-order valence-corrected chi connectivity index (χ1v) is 5.83. The topological polar surface area (TPSA) is 64.6 Å². The molecule has 7 heteroatoms. The van der Waals surface area contributed by atoms with Crippen LogP contribution in [0.1, 0.15) is 0 Å². The van der Waals surface area contributed by atoms with Crippen LogP contribution in [0, 0.1) is 0 Å². The van der Waals surface area contributed by atoms with Crippen LogP contribution in [0.5, 0.6) is 0 Å². The first-order chi connectivity index (χ1) is 8.96. The van der Waals surface area contributed by atoms with E-state index in [0.717, 1.165) is 6.08 Å². The maximum Gasteiger partial charge on any atom is 0.354 e. The average Bonchev–Trinajstić information content (AvgIpc) is 2.35. The van der Waals surface area contributed by atoms with Crippen molar-refractivity contribution in [2.24, 2.45) is 0 Å². The third-order valence-corrected chi connectivity index (χ3v) is 2.45. The number of anilines is 1. The molecular formula is C12H11Cl2NO4. The van der Waals surface area contributed by atoms with Gasteiger partial charge < -0.3 is 14.8 Å². The van der Waals surface area contributed by atoms with E-state index in [1.54, 1.807) is 12.1 Å². The largest absolute Gasteiger partial charge is 0.466 e. The molecule has 0 saturated heterocycles. The lowest BCUT2D eigenvalue weighted by atomic mass is 10.3. The molecule has 1 aromatic rings. The summed E-state index contributed by atoms with van der Waals surface area (Å²) in [6.07, 6.45) is 0.973. The van der Waals surface area contributed by atoms with E-state index in [2.05, 4.69) is 14.8 Å². The molecule has 0 aliphatic rings. The highest BCUT2D eigenvalue weighted by molar-refractivity contribution is 6.35. The fourth-order valence-electron chi connectivity index (χ4n) is 1.21. The maximum atomic E-state index is 11.5. The van der Waals surface area contributed by atoms with Crippen molar-refractivity contribution in [3.05, 3.63) is 40.0 Å². The number of carbonyl (C=O) groups excluding carboxylic acids is 2. The van der Waals surface area contributed by atoms with E-state index < -0.39 is 11.9 Å². The molecule has 0 amide bonds. The van der Waals surface area contributed by atoms with Crippen LogP contribution in [0.25, 0.3) is 0 Å². The van der Waals surface area contributed by atoms with Crippen molar-refractivity contribution in [1.29, 1.82) is 0 Å². The van der Waals surface area contributed by atoms with E-state index in [1.807, 2.05) is 0 Å². The highest BCUT2D eigenvalue weighted by atomic mass is 35.5. The van der Waals surface area contributed by atoms with Crippen LogP contribution in [0.4, 0.5) is 5.69 Å². The second-order valence-corrected chi connectivity index (χ2v) is 4.23. The van der Waals surface area contributed by atoms with Crippen molar-refractivity contribution in [2.45, 2.75) is 0 Å². The Labute approximate surface area is 120 Å². The molecule has 0 heterocycles. The number of ether oxygens (including phenoxy) is 2. The van der Waals surface area contributed by atoms with Gasteiger partial charge in [0.15, 0.2) is 0 Å². The Morgan fingerprint density at radius 3 is 2.16 bits per heavy atom. The molecule has 0 spiro atoms. The SMILES string of the molecule is COC(=O)/C=C(/Nc1cc(Cl)cc(Cl)c1)C(=O)OC. The predicted molar refractivity (Wildman–Crippen MR) is 72.2 cm³/mol. The number of rotatable bonds is 4. The summed E-state index contributed by atoms with van der Waals surface area (Å²) in [5.74, 6) is -1.41. The molecule has 0 fully saturated rings. The number of carbonyl (C=O) groups is 2. The van der Waals surface area contributed by atoms with Crippen LogP contribution in [0.15, 0.2) is 30.0 Å². The molecule has 1 aromatic carbocycles. The molecule has 0 radical (unpaired) electrons. The summed E-state index contributed by atoms with van der Waals surface area (Å²) in [6.45, 7) is 0. The van der Waals surface area contributed by atoms with E-state index in [0.29, 0.717) is 15.7 Å². The van der Waals surface area contributed by atoms with Gasteiger partial charge in [-0.25, -0.2) is 9.59 Å². The Hall–Kier alpha value is -1.72. The van der Waals surface area contributed by atoms with Crippen molar-refractivity contribution < 1.29 is 19.1 Å². The Morgan fingerprint density at radius 2 is 1.68 bits per heavy atom. The number of nitrogens with one attached hydrogen (secondary N) is 1. The molecule has 102 valence electrons. The summed E-state index contributed by atoms with van der Waals surface area (Å²) in [6, 6.07) is 4.62. The minimum atomic E-state index is -0.721. The molecule has 0 aliphatic carbocycles. The van der Waals surface area contributed by atoms with Gasteiger partial charge in [-0.3, -0.25) is 0 Å². The Morgan fingerprint density at radius 1 is 1.11 bits per heavy atom. The maximum absolute atomic E-state index is 11.5. The van der Waals surface area contributed by atoms with Gasteiger partial charge >= 0.3 is 11.9 Å². The molecule has 1 N–H and O–H groups in total. The zero-order valence-corrected chi connectivity index (χ0v) is 11.7. The van der Waals surface area contributed by atoms with Crippen LogP contribution in [-0.4, -0.2) is 26.2 Å². The van der Waals surface area contributed by atoms with Crippen LogP contribution in [0.3, 0.4) is 0 Å². The number of halogens is 2.